The van der Waals surface area contributed by atoms with Gasteiger partial charge in [0.25, 0.3) is 0 Å². The van der Waals surface area contributed by atoms with Crippen molar-refractivity contribution in [2.45, 2.75) is 43.9 Å². The van der Waals surface area contributed by atoms with Crippen LogP contribution in [0.15, 0.2) is 182 Å². The predicted octanol–water partition coefficient (Wildman–Crippen LogP) is 13.6. The summed E-state index contributed by atoms with van der Waals surface area (Å²) >= 11 is 0. The lowest BCUT2D eigenvalue weighted by atomic mass is 9.76. The standard InChI is InChI=1S/C49H42N2/c1-36(37-23-27-42(28-24-37)50(39-15-5-2-6-16-39)40-17-7-3-8-18-40)38-25-29-43(30-26-38)51(41-19-9-4-10-20-41)44-31-32-46-45-21-11-12-22-47(45)49(48(46)35-44)33-13-14-34-49/h2-12,15-32,35-36H,13-14,33-34H2,1H3. The van der Waals surface area contributed by atoms with Gasteiger partial charge in [0, 0.05) is 45.5 Å². The predicted molar refractivity (Wildman–Crippen MR) is 214 cm³/mol. The maximum absolute atomic E-state index is 2.50. The second kappa shape index (κ2) is 13.1. The van der Waals surface area contributed by atoms with Gasteiger partial charge in [-0.05, 0) is 119 Å². The van der Waals surface area contributed by atoms with Gasteiger partial charge in [0.05, 0.1) is 0 Å². The van der Waals surface area contributed by atoms with E-state index in [2.05, 4.69) is 199 Å². The number of hydrogen-bond acceptors (Lipinski definition) is 2. The molecule has 248 valence electrons. The van der Waals surface area contributed by atoms with Gasteiger partial charge < -0.3 is 9.80 Å². The number of rotatable bonds is 8. The minimum absolute atomic E-state index is 0.137. The van der Waals surface area contributed by atoms with Crippen LogP contribution in [-0.2, 0) is 5.41 Å². The fourth-order valence-corrected chi connectivity index (χ4v) is 8.74. The molecule has 1 unspecified atom stereocenters. The van der Waals surface area contributed by atoms with Crippen LogP contribution in [0.4, 0.5) is 34.1 Å². The molecule has 7 aromatic rings. The highest BCUT2D eigenvalue weighted by molar-refractivity contribution is 5.86. The number of nitrogens with zero attached hydrogens (tertiary/aromatic N) is 2. The van der Waals surface area contributed by atoms with E-state index in [0.717, 1.165) is 17.1 Å². The van der Waals surface area contributed by atoms with Crippen LogP contribution >= 0.6 is 0 Å². The average Bonchev–Trinajstić information content (AvgIpc) is 3.80. The maximum Gasteiger partial charge on any atom is 0.0465 e. The van der Waals surface area contributed by atoms with Crippen molar-refractivity contribution in [3.63, 3.8) is 0 Å². The van der Waals surface area contributed by atoms with Crippen molar-refractivity contribution < 1.29 is 0 Å². The lowest BCUT2D eigenvalue weighted by molar-refractivity contribution is 0.550. The summed E-state index contributed by atoms with van der Waals surface area (Å²) in [5.74, 6) is 0.251. The molecular formula is C49H42N2. The van der Waals surface area contributed by atoms with Crippen LogP contribution in [0.5, 0.6) is 0 Å². The summed E-state index contributed by atoms with van der Waals surface area (Å²) in [5, 5.41) is 0. The molecule has 0 saturated heterocycles. The molecule has 2 heteroatoms. The first-order valence-corrected chi connectivity index (χ1v) is 18.4. The van der Waals surface area contributed by atoms with Gasteiger partial charge in [-0.15, -0.1) is 0 Å². The topological polar surface area (TPSA) is 6.48 Å². The van der Waals surface area contributed by atoms with Crippen LogP contribution in [-0.4, -0.2) is 0 Å². The van der Waals surface area contributed by atoms with Crippen molar-refractivity contribution in [2.24, 2.45) is 0 Å². The Hall–Kier alpha value is -5.86. The monoisotopic (exact) mass is 658 g/mol. The molecule has 51 heavy (non-hydrogen) atoms. The molecule has 9 rings (SSSR count). The molecule has 0 heterocycles. The number of benzene rings is 7. The minimum atomic E-state index is 0.137. The first-order chi connectivity index (χ1) is 25.2. The molecule has 0 radical (unpaired) electrons. The minimum Gasteiger partial charge on any atom is -0.311 e. The van der Waals surface area contributed by atoms with Gasteiger partial charge in [0.15, 0.2) is 0 Å². The molecular weight excluding hydrogens is 617 g/mol. The van der Waals surface area contributed by atoms with Crippen LogP contribution in [0.25, 0.3) is 11.1 Å². The van der Waals surface area contributed by atoms with Crippen molar-refractivity contribution in [1.29, 1.82) is 0 Å². The van der Waals surface area contributed by atoms with Gasteiger partial charge in [-0.1, -0.05) is 129 Å². The Kier molecular flexibility index (Phi) is 8.01. The highest BCUT2D eigenvalue weighted by atomic mass is 15.1. The van der Waals surface area contributed by atoms with Gasteiger partial charge in [0.1, 0.15) is 0 Å². The third kappa shape index (κ3) is 5.52. The van der Waals surface area contributed by atoms with Crippen molar-refractivity contribution in [3.8, 4) is 11.1 Å². The third-order valence-electron chi connectivity index (χ3n) is 11.3. The molecule has 1 spiro atoms. The molecule has 0 bridgehead atoms. The quantitative estimate of drug-likeness (QED) is 0.160. The van der Waals surface area contributed by atoms with Crippen molar-refractivity contribution in [3.05, 3.63) is 204 Å². The van der Waals surface area contributed by atoms with E-state index in [1.165, 1.54) is 76.1 Å². The van der Waals surface area contributed by atoms with E-state index in [1.54, 1.807) is 0 Å². The van der Waals surface area contributed by atoms with Gasteiger partial charge >= 0.3 is 0 Å². The van der Waals surface area contributed by atoms with E-state index in [1.807, 2.05) is 0 Å². The Morgan fingerprint density at radius 2 is 0.784 bits per heavy atom. The van der Waals surface area contributed by atoms with Crippen molar-refractivity contribution >= 4 is 34.1 Å². The zero-order chi connectivity index (χ0) is 34.2. The Morgan fingerprint density at radius 3 is 1.29 bits per heavy atom. The normalized spacial score (nSPS) is 14.5. The fourth-order valence-electron chi connectivity index (χ4n) is 8.74. The summed E-state index contributed by atoms with van der Waals surface area (Å²) in [6.45, 7) is 2.31. The number of fused-ring (bicyclic) bond motifs is 5. The number of para-hydroxylation sites is 3. The molecule has 2 nitrogen and oxygen atoms in total. The van der Waals surface area contributed by atoms with Gasteiger partial charge in [0.2, 0.25) is 0 Å². The second-order valence-corrected chi connectivity index (χ2v) is 14.1. The molecule has 0 N–H and O–H groups in total. The molecule has 0 amide bonds. The van der Waals surface area contributed by atoms with Crippen LogP contribution in [0.3, 0.4) is 0 Å². The molecule has 1 atom stereocenters. The van der Waals surface area contributed by atoms with E-state index < -0.39 is 0 Å². The first-order valence-electron chi connectivity index (χ1n) is 18.4. The maximum atomic E-state index is 2.50. The zero-order valence-corrected chi connectivity index (χ0v) is 29.1. The average molecular weight is 659 g/mol. The third-order valence-corrected chi connectivity index (χ3v) is 11.3. The van der Waals surface area contributed by atoms with E-state index in [4.69, 9.17) is 0 Å². The smallest absolute Gasteiger partial charge is 0.0465 e. The summed E-state index contributed by atoms with van der Waals surface area (Å²) in [4.78, 5) is 4.74. The van der Waals surface area contributed by atoms with Crippen molar-refractivity contribution in [2.75, 3.05) is 9.80 Å². The van der Waals surface area contributed by atoms with E-state index in [0.29, 0.717) is 0 Å². The molecule has 2 aliphatic rings. The van der Waals surface area contributed by atoms with E-state index >= 15 is 0 Å². The van der Waals surface area contributed by atoms with Crippen LogP contribution < -0.4 is 9.80 Å². The van der Waals surface area contributed by atoms with E-state index in [-0.39, 0.29) is 11.3 Å². The van der Waals surface area contributed by atoms with Gasteiger partial charge in [-0.3, -0.25) is 0 Å². The van der Waals surface area contributed by atoms with E-state index in [9.17, 15) is 0 Å². The van der Waals surface area contributed by atoms with Crippen molar-refractivity contribution in [1.82, 2.24) is 0 Å². The molecule has 2 aliphatic carbocycles. The molecule has 7 aromatic carbocycles. The summed E-state index contributed by atoms with van der Waals surface area (Å²) in [7, 11) is 0. The fraction of sp³-hybridized carbons (Fsp3) is 0.143. The number of anilines is 6. The molecule has 1 saturated carbocycles. The zero-order valence-electron chi connectivity index (χ0n) is 29.1. The SMILES string of the molecule is CC(c1ccc(N(c2ccccc2)c2ccccc2)cc1)c1ccc(N(c2ccccc2)c2ccc3c(c2)C2(CCCC2)c2ccccc2-3)cc1. The Morgan fingerprint density at radius 1 is 0.392 bits per heavy atom. The lowest BCUT2D eigenvalue weighted by Gasteiger charge is -2.30. The van der Waals surface area contributed by atoms with Crippen LogP contribution in [0.2, 0.25) is 0 Å². The Balaban J connectivity index is 1.03. The second-order valence-electron chi connectivity index (χ2n) is 14.1. The number of hydrogen-bond donors (Lipinski definition) is 0. The lowest BCUT2D eigenvalue weighted by Crippen LogP contribution is -2.21. The summed E-state index contributed by atoms with van der Waals surface area (Å²) in [5.41, 5.74) is 15.6. The Bertz CT molecular complexity index is 2210. The van der Waals surface area contributed by atoms with Crippen LogP contribution in [0, 0.1) is 0 Å². The molecule has 0 aliphatic heterocycles. The molecule has 1 fully saturated rings. The highest BCUT2D eigenvalue weighted by Crippen LogP contribution is 2.57. The highest BCUT2D eigenvalue weighted by Gasteiger charge is 2.45. The molecule has 0 aromatic heterocycles. The largest absolute Gasteiger partial charge is 0.311 e. The Labute approximate surface area is 302 Å². The van der Waals surface area contributed by atoms with Gasteiger partial charge in [-0.2, -0.15) is 0 Å². The summed E-state index contributed by atoms with van der Waals surface area (Å²) in [6, 6.07) is 66.6. The van der Waals surface area contributed by atoms with Crippen LogP contribution in [0.1, 0.15) is 60.8 Å². The van der Waals surface area contributed by atoms with Gasteiger partial charge in [-0.25, -0.2) is 0 Å². The summed E-state index contributed by atoms with van der Waals surface area (Å²) < 4.78 is 0. The summed E-state index contributed by atoms with van der Waals surface area (Å²) in [6.07, 6.45) is 5.05. The first kappa shape index (κ1) is 31.1.